The number of hydrogen-bond acceptors (Lipinski definition) is 4. The second-order valence-electron chi connectivity index (χ2n) is 6.66. The summed E-state index contributed by atoms with van der Waals surface area (Å²) in [5, 5.41) is 14.7. The SMILES string of the molecule is N#Cc1ccccc1NC(=O)c1ccnc(C(=O)NCCC2=CCCCC2)c1. The number of pyridine rings is 1. The lowest BCUT2D eigenvalue weighted by molar-refractivity contribution is 0.0949. The molecule has 0 aliphatic heterocycles. The molecule has 0 fully saturated rings. The Hall–Kier alpha value is -3.46. The van der Waals surface area contributed by atoms with Gasteiger partial charge < -0.3 is 10.6 Å². The van der Waals surface area contributed by atoms with E-state index in [1.165, 1.54) is 36.7 Å². The fourth-order valence-electron chi connectivity index (χ4n) is 3.14. The summed E-state index contributed by atoms with van der Waals surface area (Å²) in [5.74, 6) is -0.699. The summed E-state index contributed by atoms with van der Waals surface area (Å²) in [7, 11) is 0. The number of rotatable bonds is 6. The number of amides is 2. The summed E-state index contributed by atoms with van der Waals surface area (Å²) >= 11 is 0. The zero-order chi connectivity index (χ0) is 19.8. The Kier molecular flexibility index (Phi) is 6.53. The number of nitrogens with zero attached hydrogens (tertiary/aromatic N) is 2. The molecule has 0 saturated carbocycles. The predicted molar refractivity (Wildman–Crippen MR) is 107 cm³/mol. The molecule has 0 saturated heterocycles. The minimum absolute atomic E-state index is 0.193. The van der Waals surface area contributed by atoms with E-state index >= 15 is 0 Å². The van der Waals surface area contributed by atoms with Crippen LogP contribution >= 0.6 is 0 Å². The average Bonchev–Trinajstić information content (AvgIpc) is 2.75. The summed E-state index contributed by atoms with van der Waals surface area (Å²) in [6.07, 6.45) is 9.23. The van der Waals surface area contributed by atoms with Gasteiger partial charge in [-0.25, -0.2) is 0 Å². The molecule has 142 valence electrons. The highest BCUT2D eigenvalue weighted by Gasteiger charge is 2.13. The molecule has 1 heterocycles. The number of nitriles is 1. The van der Waals surface area contributed by atoms with Gasteiger partial charge in [0, 0.05) is 18.3 Å². The van der Waals surface area contributed by atoms with Gasteiger partial charge in [0.15, 0.2) is 0 Å². The first-order chi connectivity index (χ1) is 13.7. The van der Waals surface area contributed by atoms with Crippen molar-refractivity contribution in [1.82, 2.24) is 10.3 Å². The molecular weight excluding hydrogens is 352 g/mol. The Bertz CT molecular complexity index is 944. The highest BCUT2D eigenvalue weighted by atomic mass is 16.2. The van der Waals surface area contributed by atoms with E-state index in [1.807, 2.05) is 6.07 Å². The number of carbonyl (C=O) groups excluding carboxylic acids is 2. The van der Waals surface area contributed by atoms with Crippen molar-refractivity contribution < 1.29 is 9.59 Å². The number of para-hydroxylation sites is 1. The van der Waals surface area contributed by atoms with Gasteiger partial charge in [0.2, 0.25) is 0 Å². The highest BCUT2D eigenvalue weighted by Crippen LogP contribution is 2.19. The van der Waals surface area contributed by atoms with Crippen LogP contribution in [0.5, 0.6) is 0 Å². The minimum atomic E-state index is -0.397. The summed E-state index contributed by atoms with van der Waals surface area (Å²) in [4.78, 5) is 28.9. The molecule has 0 bridgehead atoms. The fourth-order valence-corrected chi connectivity index (χ4v) is 3.14. The van der Waals surface area contributed by atoms with E-state index in [2.05, 4.69) is 21.7 Å². The topological polar surface area (TPSA) is 94.9 Å². The Morgan fingerprint density at radius 1 is 1.14 bits per heavy atom. The molecule has 0 unspecified atom stereocenters. The first-order valence-electron chi connectivity index (χ1n) is 9.40. The van der Waals surface area contributed by atoms with Crippen LogP contribution in [-0.2, 0) is 0 Å². The molecule has 0 spiro atoms. The van der Waals surface area contributed by atoms with Crippen LogP contribution in [0.2, 0.25) is 0 Å². The van der Waals surface area contributed by atoms with Crippen molar-refractivity contribution in [3.63, 3.8) is 0 Å². The zero-order valence-electron chi connectivity index (χ0n) is 15.6. The molecule has 2 amide bonds. The number of anilines is 1. The van der Waals surface area contributed by atoms with Crippen molar-refractivity contribution in [2.24, 2.45) is 0 Å². The molecule has 1 aromatic heterocycles. The number of benzene rings is 1. The maximum absolute atomic E-state index is 12.5. The number of aromatic nitrogens is 1. The molecule has 1 aromatic carbocycles. The molecule has 1 aliphatic carbocycles. The lowest BCUT2D eigenvalue weighted by Crippen LogP contribution is -2.26. The van der Waals surface area contributed by atoms with Gasteiger partial charge in [-0.1, -0.05) is 23.8 Å². The molecule has 6 nitrogen and oxygen atoms in total. The van der Waals surface area contributed by atoms with Gasteiger partial charge in [-0.3, -0.25) is 14.6 Å². The van der Waals surface area contributed by atoms with E-state index in [1.54, 1.807) is 24.3 Å². The quantitative estimate of drug-likeness (QED) is 0.751. The van der Waals surface area contributed by atoms with Gasteiger partial charge in [0.05, 0.1) is 11.3 Å². The lowest BCUT2D eigenvalue weighted by Gasteiger charge is -2.13. The van der Waals surface area contributed by atoms with E-state index in [-0.39, 0.29) is 11.6 Å². The van der Waals surface area contributed by atoms with Gasteiger partial charge >= 0.3 is 0 Å². The number of nitrogens with one attached hydrogen (secondary N) is 2. The molecule has 0 atom stereocenters. The van der Waals surface area contributed by atoms with E-state index < -0.39 is 5.91 Å². The number of carbonyl (C=O) groups is 2. The average molecular weight is 374 g/mol. The molecule has 1 aliphatic rings. The highest BCUT2D eigenvalue weighted by molar-refractivity contribution is 6.06. The third-order valence-corrected chi connectivity index (χ3v) is 4.67. The van der Waals surface area contributed by atoms with E-state index in [0.717, 1.165) is 19.3 Å². The third kappa shape index (κ3) is 5.04. The Balaban J connectivity index is 1.61. The van der Waals surface area contributed by atoms with Gasteiger partial charge in [-0.2, -0.15) is 5.26 Å². The van der Waals surface area contributed by atoms with Gasteiger partial charge in [0.1, 0.15) is 11.8 Å². The smallest absolute Gasteiger partial charge is 0.269 e. The molecule has 2 N–H and O–H groups in total. The fraction of sp³-hybridized carbons (Fsp3) is 0.273. The maximum Gasteiger partial charge on any atom is 0.269 e. The van der Waals surface area contributed by atoms with Crippen LogP contribution < -0.4 is 10.6 Å². The summed E-state index contributed by atoms with van der Waals surface area (Å²) < 4.78 is 0. The standard InChI is InChI=1S/C22H22N4O2/c23-15-18-8-4-5-9-19(18)26-21(27)17-11-13-24-20(14-17)22(28)25-12-10-16-6-2-1-3-7-16/h4-6,8-9,11,13-14H,1-3,7,10,12H2,(H,25,28)(H,26,27). The van der Waals surface area contributed by atoms with Crippen LogP contribution in [0, 0.1) is 11.3 Å². The van der Waals surface area contributed by atoms with Crippen LogP contribution in [0.15, 0.2) is 54.2 Å². The number of hydrogen-bond donors (Lipinski definition) is 2. The zero-order valence-corrected chi connectivity index (χ0v) is 15.6. The maximum atomic E-state index is 12.5. The van der Waals surface area contributed by atoms with E-state index in [4.69, 9.17) is 5.26 Å². The van der Waals surface area contributed by atoms with Crippen LogP contribution in [0.1, 0.15) is 58.5 Å². The summed E-state index contributed by atoms with van der Waals surface area (Å²) in [6.45, 7) is 0.554. The first-order valence-corrected chi connectivity index (χ1v) is 9.40. The lowest BCUT2D eigenvalue weighted by atomic mass is 9.97. The van der Waals surface area contributed by atoms with Crippen LogP contribution in [0.3, 0.4) is 0 Å². The molecule has 2 aromatic rings. The van der Waals surface area contributed by atoms with Gasteiger partial charge in [-0.05, 0) is 56.4 Å². The molecule has 0 radical (unpaired) electrons. The molecular formula is C22H22N4O2. The Labute approximate surface area is 164 Å². The molecule has 3 rings (SSSR count). The van der Waals surface area contributed by atoms with Crippen molar-refractivity contribution in [2.75, 3.05) is 11.9 Å². The van der Waals surface area contributed by atoms with E-state index in [9.17, 15) is 9.59 Å². The largest absolute Gasteiger partial charge is 0.350 e. The van der Waals surface area contributed by atoms with Crippen LogP contribution in [0.4, 0.5) is 5.69 Å². The Morgan fingerprint density at radius 3 is 2.79 bits per heavy atom. The van der Waals surface area contributed by atoms with Crippen molar-refractivity contribution in [3.8, 4) is 6.07 Å². The van der Waals surface area contributed by atoms with E-state index in [0.29, 0.717) is 23.4 Å². The van der Waals surface area contributed by atoms with Gasteiger partial charge in [-0.15, -0.1) is 0 Å². The van der Waals surface area contributed by atoms with Crippen molar-refractivity contribution >= 4 is 17.5 Å². The van der Waals surface area contributed by atoms with Crippen molar-refractivity contribution in [2.45, 2.75) is 32.1 Å². The molecule has 28 heavy (non-hydrogen) atoms. The normalized spacial score (nSPS) is 13.2. The predicted octanol–water partition coefficient (Wildman–Crippen LogP) is 3.83. The van der Waals surface area contributed by atoms with Crippen molar-refractivity contribution in [1.29, 1.82) is 5.26 Å². The molecule has 6 heteroatoms. The second kappa shape index (κ2) is 9.47. The van der Waals surface area contributed by atoms with Crippen LogP contribution in [-0.4, -0.2) is 23.3 Å². The monoisotopic (exact) mass is 374 g/mol. The summed E-state index contributed by atoms with van der Waals surface area (Å²) in [6, 6.07) is 11.8. The number of allylic oxidation sites excluding steroid dienone is 1. The minimum Gasteiger partial charge on any atom is -0.350 e. The van der Waals surface area contributed by atoms with Crippen LogP contribution in [0.25, 0.3) is 0 Å². The summed E-state index contributed by atoms with van der Waals surface area (Å²) in [5.41, 5.74) is 2.70. The van der Waals surface area contributed by atoms with Crippen molar-refractivity contribution in [3.05, 3.63) is 71.1 Å². The first kappa shape index (κ1) is 19.3. The second-order valence-corrected chi connectivity index (χ2v) is 6.66. The Morgan fingerprint density at radius 2 is 2.00 bits per heavy atom. The third-order valence-electron chi connectivity index (χ3n) is 4.67. The van der Waals surface area contributed by atoms with Gasteiger partial charge in [0.25, 0.3) is 11.8 Å².